The van der Waals surface area contributed by atoms with E-state index in [1.165, 1.54) is 27.3 Å². The third kappa shape index (κ3) is 5.46. The fraction of sp³-hybridized carbons (Fsp3) is 0. The van der Waals surface area contributed by atoms with Gasteiger partial charge in [0, 0.05) is 44.0 Å². The van der Waals surface area contributed by atoms with Crippen LogP contribution in [0.4, 0.5) is 0 Å². The smallest absolute Gasteiger partial charge is 0.145 e. The third-order valence-electron chi connectivity index (χ3n) is 11.9. The highest BCUT2D eigenvalue weighted by Crippen LogP contribution is 2.41. The van der Waals surface area contributed by atoms with Crippen molar-refractivity contribution in [3.8, 4) is 56.3 Å². The molecule has 3 heterocycles. The van der Waals surface area contributed by atoms with Gasteiger partial charge in [0.1, 0.15) is 5.82 Å². The van der Waals surface area contributed by atoms with Gasteiger partial charge in [0.2, 0.25) is 0 Å². The van der Waals surface area contributed by atoms with Gasteiger partial charge >= 0.3 is 0 Å². The molecule has 4 nitrogen and oxygen atoms in total. The number of rotatable bonds is 6. The van der Waals surface area contributed by atoms with E-state index in [1.807, 2.05) is 0 Å². The number of para-hydroxylation sites is 3. The molecule has 12 aromatic rings. The molecule has 0 atom stereocenters. The number of pyridine rings is 1. The van der Waals surface area contributed by atoms with Gasteiger partial charge in [-0.3, -0.25) is 4.57 Å². The molecule has 12 rings (SSSR count). The number of nitrogens with zero attached hydrogens (tertiary/aromatic N) is 4. The van der Waals surface area contributed by atoms with Crippen molar-refractivity contribution < 1.29 is 0 Å². The number of fused-ring (bicyclic) bond motifs is 8. The molecule has 0 N–H and O–H groups in total. The van der Waals surface area contributed by atoms with Crippen LogP contribution < -0.4 is 0 Å². The monoisotopic (exact) mass is 764 g/mol. The Morgan fingerprint density at radius 1 is 0.300 bits per heavy atom. The minimum Gasteiger partial charge on any atom is -0.307 e. The van der Waals surface area contributed by atoms with Crippen molar-refractivity contribution in [2.45, 2.75) is 0 Å². The summed E-state index contributed by atoms with van der Waals surface area (Å²) < 4.78 is 4.68. The summed E-state index contributed by atoms with van der Waals surface area (Å²) in [6.07, 6.45) is 0. The molecule has 0 amide bonds. The summed E-state index contributed by atoms with van der Waals surface area (Å²) >= 11 is 0. The molecule has 0 unspecified atom stereocenters. The highest BCUT2D eigenvalue weighted by atomic mass is 15.1. The molecule has 60 heavy (non-hydrogen) atoms. The number of benzene rings is 9. The summed E-state index contributed by atoms with van der Waals surface area (Å²) in [5.74, 6) is 0.914. The summed E-state index contributed by atoms with van der Waals surface area (Å²) in [4.78, 5) is 10.7. The Balaban J connectivity index is 1.01. The topological polar surface area (TPSA) is 35.6 Å². The first kappa shape index (κ1) is 34.0. The van der Waals surface area contributed by atoms with Gasteiger partial charge in [-0.05, 0) is 70.1 Å². The summed E-state index contributed by atoms with van der Waals surface area (Å²) in [6, 6.07) is 77.9. The molecule has 0 saturated heterocycles. The Morgan fingerprint density at radius 2 is 0.833 bits per heavy atom. The Hall–Kier alpha value is -8.08. The van der Waals surface area contributed by atoms with E-state index in [4.69, 9.17) is 9.97 Å². The van der Waals surface area contributed by atoms with Gasteiger partial charge in [0.25, 0.3) is 0 Å². The standard InChI is InChI=1S/C56H36N4/c1-4-14-37(15-5-1)38-28-31-44(32-29-38)60-51-23-13-12-22-50(51)57-56(60)41-26-24-39(25-27-41)42-30-33-46-49-35-34-48-45-20-10-11-21-47(45)53(40-16-6-2-7-17-40)58-54(48)55(49)59(52(46)36-42)43-18-8-3-9-19-43/h1-36H. The van der Waals surface area contributed by atoms with Gasteiger partial charge in [0.05, 0.1) is 33.3 Å². The van der Waals surface area contributed by atoms with Gasteiger partial charge in [0.15, 0.2) is 0 Å². The molecule has 0 aliphatic rings. The fourth-order valence-corrected chi connectivity index (χ4v) is 9.08. The zero-order valence-corrected chi connectivity index (χ0v) is 32.6. The van der Waals surface area contributed by atoms with E-state index in [0.29, 0.717) is 0 Å². The number of hydrogen-bond acceptors (Lipinski definition) is 2. The second-order valence-corrected chi connectivity index (χ2v) is 15.4. The maximum atomic E-state index is 5.54. The molecule has 0 bridgehead atoms. The van der Waals surface area contributed by atoms with E-state index in [0.717, 1.165) is 83.5 Å². The molecule has 0 aliphatic carbocycles. The van der Waals surface area contributed by atoms with Crippen LogP contribution in [0.25, 0.3) is 111 Å². The van der Waals surface area contributed by atoms with Crippen LogP contribution in [0.5, 0.6) is 0 Å². The number of hydrogen-bond donors (Lipinski definition) is 0. The minimum absolute atomic E-state index is 0.914. The zero-order valence-electron chi connectivity index (χ0n) is 32.6. The van der Waals surface area contributed by atoms with E-state index >= 15 is 0 Å². The highest BCUT2D eigenvalue weighted by molar-refractivity contribution is 6.23. The predicted molar refractivity (Wildman–Crippen MR) is 250 cm³/mol. The highest BCUT2D eigenvalue weighted by Gasteiger charge is 2.20. The average Bonchev–Trinajstić information content (AvgIpc) is 3.88. The summed E-state index contributed by atoms with van der Waals surface area (Å²) in [5, 5.41) is 5.87. The van der Waals surface area contributed by atoms with E-state index in [2.05, 4.69) is 228 Å². The Bertz CT molecular complexity index is 3550. The molecule has 0 fully saturated rings. The average molecular weight is 765 g/mol. The second-order valence-electron chi connectivity index (χ2n) is 15.4. The number of aromatic nitrogens is 4. The molecule has 4 heteroatoms. The van der Waals surface area contributed by atoms with Crippen molar-refractivity contribution >= 4 is 54.5 Å². The molecule has 280 valence electrons. The van der Waals surface area contributed by atoms with Crippen LogP contribution in [0.1, 0.15) is 0 Å². The van der Waals surface area contributed by atoms with Crippen LogP contribution in [-0.4, -0.2) is 19.1 Å². The van der Waals surface area contributed by atoms with Gasteiger partial charge in [-0.25, -0.2) is 9.97 Å². The maximum absolute atomic E-state index is 5.54. The lowest BCUT2D eigenvalue weighted by Crippen LogP contribution is -1.98. The molecule has 0 spiro atoms. The molecule has 0 saturated carbocycles. The lowest BCUT2D eigenvalue weighted by molar-refractivity contribution is 1.10. The Morgan fingerprint density at radius 3 is 1.60 bits per heavy atom. The van der Waals surface area contributed by atoms with Gasteiger partial charge in [-0.1, -0.05) is 176 Å². The lowest BCUT2D eigenvalue weighted by atomic mass is 9.98. The van der Waals surface area contributed by atoms with E-state index in [1.54, 1.807) is 0 Å². The van der Waals surface area contributed by atoms with Crippen LogP contribution >= 0.6 is 0 Å². The zero-order chi connectivity index (χ0) is 39.6. The van der Waals surface area contributed by atoms with Gasteiger partial charge in [-0.2, -0.15) is 0 Å². The Kier molecular flexibility index (Phi) is 7.82. The lowest BCUT2D eigenvalue weighted by Gasteiger charge is -2.13. The van der Waals surface area contributed by atoms with Crippen molar-refractivity contribution in [3.05, 3.63) is 218 Å². The molecule has 0 radical (unpaired) electrons. The first-order valence-electron chi connectivity index (χ1n) is 20.4. The quantitative estimate of drug-likeness (QED) is 0.158. The SMILES string of the molecule is c1ccc(-c2ccc(-n3c(-c4ccc(-c5ccc6c7ccc8c9ccccc9c(-c9ccccc9)nc8c7n(-c7ccccc7)c6c5)cc4)nc4ccccc43)cc2)cc1. The molecular formula is C56H36N4. The van der Waals surface area contributed by atoms with E-state index in [-0.39, 0.29) is 0 Å². The van der Waals surface area contributed by atoms with Crippen LogP contribution in [0.15, 0.2) is 218 Å². The van der Waals surface area contributed by atoms with E-state index in [9.17, 15) is 0 Å². The van der Waals surface area contributed by atoms with Crippen molar-refractivity contribution in [1.82, 2.24) is 19.1 Å². The van der Waals surface area contributed by atoms with Crippen LogP contribution in [0.3, 0.4) is 0 Å². The van der Waals surface area contributed by atoms with Crippen molar-refractivity contribution in [2.24, 2.45) is 0 Å². The predicted octanol–water partition coefficient (Wildman–Crippen LogP) is 14.5. The van der Waals surface area contributed by atoms with Crippen LogP contribution in [-0.2, 0) is 0 Å². The first-order chi connectivity index (χ1) is 29.8. The van der Waals surface area contributed by atoms with Crippen LogP contribution in [0, 0.1) is 0 Å². The molecule has 0 aliphatic heterocycles. The maximum Gasteiger partial charge on any atom is 0.145 e. The summed E-state index contributed by atoms with van der Waals surface area (Å²) in [5.41, 5.74) is 15.3. The minimum atomic E-state index is 0.914. The van der Waals surface area contributed by atoms with Crippen molar-refractivity contribution in [3.63, 3.8) is 0 Å². The molecular weight excluding hydrogens is 729 g/mol. The second kappa shape index (κ2) is 13.8. The van der Waals surface area contributed by atoms with E-state index < -0.39 is 0 Å². The third-order valence-corrected chi connectivity index (χ3v) is 11.9. The number of imidazole rings is 1. The molecule has 3 aromatic heterocycles. The van der Waals surface area contributed by atoms with Crippen molar-refractivity contribution in [2.75, 3.05) is 0 Å². The normalized spacial score (nSPS) is 11.7. The Labute approximate surface area is 346 Å². The van der Waals surface area contributed by atoms with Crippen molar-refractivity contribution in [1.29, 1.82) is 0 Å². The largest absolute Gasteiger partial charge is 0.307 e. The van der Waals surface area contributed by atoms with Gasteiger partial charge < -0.3 is 4.57 Å². The molecule has 9 aromatic carbocycles. The summed E-state index contributed by atoms with van der Waals surface area (Å²) in [7, 11) is 0. The fourth-order valence-electron chi connectivity index (χ4n) is 9.08. The summed E-state index contributed by atoms with van der Waals surface area (Å²) in [6.45, 7) is 0. The van der Waals surface area contributed by atoms with Crippen LogP contribution in [0.2, 0.25) is 0 Å². The van der Waals surface area contributed by atoms with Gasteiger partial charge in [-0.15, -0.1) is 0 Å². The first-order valence-corrected chi connectivity index (χ1v) is 20.4.